The number of aliphatic hydroxyl groups excluding tert-OH is 2. The van der Waals surface area contributed by atoms with Crippen LogP contribution in [0.2, 0.25) is 0 Å². The Labute approximate surface area is 130 Å². The van der Waals surface area contributed by atoms with E-state index in [1.54, 1.807) is 6.08 Å². The van der Waals surface area contributed by atoms with Crippen molar-refractivity contribution in [1.82, 2.24) is 0 Å². The lowest BCUT2D eigenvalue weighted by Crippen LogP contribution is -2.36. The minimum Gasteiger partial charge on any atom is -0.395 e. The van der Waals surface area contributed by atoms with Gasteiger partial charge in [-0.15, -0.1) is 0 Å². The first kappa shape index (κ1) is 20.4. The Kier molecular flexibility index (Phi) is 15.3. The Morgan fingerprint density at radius 2 is 1.38 bits per heavy atom. The van der Waals surface area contributed by atoms with E-state index in [-0.39, 0.29) is 6.61 Å². The van der Waals surface area contributed by atoms with E-state index in [0.29, 0.717) is 0 Å². The lowest BCUT2D eigenvalue weighted by molar-refractivity contribution is 0.144. The Balaban J connectivity index is 3.33. The monoisotopic (exact) mass is 297 g/mol. The number of nitrogens with two attached hydrogens (primary N) is 1. The second-order valence-electron chi connectivity index (χ2n) is 5.72. The molecule has 0 fully saturated rings. The maximum Gasteiger partial charge on any atom is 0.0894 e. The maximum absolute atomic E-state index is 9.51. The van der Waals surface area contributed by atoms with Crippen molar-refractivity contribution in [3.8, 4) is 0 Å². The van der Waals surface area contributed by atoms with Gasteiger partial charge in [0, 0.05) is 0 Å². The molecule has 0 radical (unpaired) electrons. The second-order valence-corrected chi connectivity index (χ2v) is 5.72. The fraction of sp³-hybridized carbons (Fsp3) is 0.778. The first-order valence-electron chi connectivity index (χ1n) is 8.58. The molecule has 0 aliphatic carbocycles. The van der Waals surface area contributed by atoms with E-state index < -0.39 is 12.1 Å². The molecule has 0 saturated carbocycles. The highest BCUT2D eigenvalue weighted by molar-refractivity contribution is 4.93. The van der Waals surface area contributed by atoms with Crippen molar-refractivity contribution < 1.29 is 10.2 Å². The van der Waals surface area contributed by atoms with E-state index in [4.69, 9.17) is 10.8 Å². The summed E-state index contributed by atoms with van der Waals surface area (Å²) in [6.07, 6.45) is 19.9. The van der Waals surface area contributed by atoms with Crippen LogP contribution in [-0.4, -0.2) is 29.0 Å². The summed E-state index contributed by atoms with van der Waals surface area (Å²) in [4.78, 5) is 0. The third-order valence-electron chi connectivity index (χ3n) is 3.62. The van der Waals surface area contributed by atoms with Crippen molar-refractivity contribution in [2.75, 3.05) is 6.61 Å². The van der Waals surface area contributed by atoms with Gasteiger partial charge < -0.3 is 15.9 Å². The summed E-state index contributed by atoms with van der Waals surface area (Å²) < 4.78 is 0. The standard InChI is InChI=1S/C18H35NO2/c1-2-3-4-5-6-7-8-9-10-11-12-13-14-15-18(21)17(19)16-20/h8-9,14-15,17-18,20-21H,2-7,10-13,16,19H2,1H3/b9-8+,15-14+. The minimum absolute atomic E-state index is 0.186. The van der Waals surface area contributed by atoms with Crippen molar-refractivity contribution in [2.24, 2.45) is 5.73 Å². The van der Waals surface area contributed by atoms with Gasteiger partial charge in [0.25, 0.3) is 0 Å². The molecule has 124 valence electrons. The molecule has 3 nitrogen and oxygen atoms in total. The normalized spacial score (nSPS) is 15.0. The Bertz CT molecular complexity index is 264. The number of rotatable bonds is 14. The van der Waals surface area contributed by atoms with Crippen LogP contribution in [0.25, 0.3) is 0 Å². The third kappa shape index (κ3) is 14.1. The number of hydrogen-bond donors (Lipinski definition) is 3. The number of allylic oxidation sites excluding steroid dienone is 3. The third-order valence-corrected chi connectivity index (χ3v) is 3.62. The average molecular weight is 297 g/mol. The molecule has 0 aromatic rings. The van der Waals surface area contributed by atoms with E-state index in [0.717, 1.165) is 19.3 Å². The molecule has 0 amide bonds. The number of hydrogen-bond acceptors (Lipinski definition) is 3. The van der Waals surface area contributed by atoms with Crippen LogP contribution in [-0.2, 0) is 0 Å². The minimum atomic E-state index is -0.734. The van der Waals surface area contributed by atoms with Crippen molar-refractivity contribution in [2.45, 2.75) is 83.3 Å². The summed E-state index contributed by atoms with van der Waals surface area (Å²) in [6, 6.07) is -0.568. The van der Waals surface area contributed by atoms with Gasteiger partial charge in [0.2, 0.25) is 0 Å². The molecule has 0 spiro atoms. The zero-order chi connectivity index (χ0) is 15.8. The zero-order valence-electron chi connectivity index (χ0n) is 13.7. The smallest absolute Gasteiger partial charge is 0.0894 e. The van der Waals surface area contributed by atoms with Gasteiger partial charge >= 0.3 is 0 Å². The van der Waals surface area contributed by atoms with Crippen molar-refractivity contribution in [1.29, 1.82) is 0 Å². The molecule has 4 N–H and O–H groups in total. The zero-order valence-corrected chi connectivity index (χ0v) is 13.7. The topological polar surface area (TPSA) is 66.5 Å². The highest BCUT2D eigenvalue weighted by atomic mass is 16.3. The molecule has 0 bridgehead atoms. The molecular weight excluding hydrogens is 262 g/mol. The highest BCUT2D eigenvalue weighted by Crippen LogP contribution is 2.07. The first-order valence-corrected chi connectivity index (χ1v) is 8.58. The summed E-state index contributed by atoms with van der Waals surface area (Å²) in [5, 5.41) is 18.3. The fourth-order valence-corrected chi connectivity index (χ4v) is 2.11. The average Bonchev–Trinajstić information content (AvgIpc) is 2.50. The van der Waals surface area contributed by atoms with Crippen LogP contribution in [0, 0.1) is 0 Å². The maximum atomic E-state index is 9.51. The molecule has 0 aliphatic heterocycles. The highest BCUT2D eigenvalue weighted by Gasteiger charge is 2.08. The summed E-state index contributed by atoms with van der Waals surface area (Å²) in [5.74, 6) is 0. The van der Waals surface area contributed by atoms with Gasteiger partial charge in [-0.1, -0.05) is 56.9 Å². The van der Waals surface area contributed by atoms with Gasteiger partial charge in [-0.25, -0.2) is 0 Å². The largest absolute Gasteiger partial charge is 0.395 e. The Morgan fingerprint density at radius 1 is 0.857 bits per heavy atom. The molecule has 0 heterocycles. The van der Waals surface area contributed by atoms with E-state index >= 15 is 0 Å². The lowest BCUT2D eigenvalue weighted by Gasteiger charge is -2.11. The molecule has 0 saturated heterocycles. The quantitative estimate of drug-likeness (QED) is 0.338. The van der Waals surface area contributed by atoms with E-state index in [1.165, 1.54) is 44.9 Å². The molecule has 2 unspecified atom stereocenters. The predicted octanol–water partition coefficient (Wildman–Crippen LogP) is 3.70. The molecule has 21 heavy (non-hydrogen) atoms. The summed E-state index contributed by atoms with van der Waals surface area (Å²) in [5.41, 5.74) is 5.50. The molecule has 2 atom stereocenters. The molecule has 0 aromatic heterocycles. The van der Waals surface area contributed by atoms with Crippen LogP contribution in [0.5, 0.6) is 0 Å². The van der Waals surface area contributed by atoms with Crippen LogP contribution in [0.4, 0.5) is 0 Å². The summed E-state index contributed by atoms with van der Waals surface area (Å²) in [6.45, 7) is 2.06. The molecule has 3 heteroatoms. The Hall–Kier alpha value is -0.640. The number of aliphatic hydroxyl groups is 2. The van der Waals surface area contributed by atoms with Crippen LogP contribution in [0.3, 0.4) is 0 Å². The second kappa shape index (κ2) is 15.7. The molecule has 0 aliphatic rings. The molecule has 0 rings (SSSR count). The van der Waals surface area contributed by atoms with Crippen molar-refractivity contribution in [3.05, 3.63) is 24.3 Å². The number of unbranched alkanes of at least 4 members (excludes halogenated alkanes) is 8. The first-order chi connectivity index (χ1) is 10.2. The summed E-state index contributed by atoms with van der Waals surface area (Å²) >= 11 is 0. The van der Waals surface area contributed by atoms with E-state index in [2.05, 4.69) is 19.1 Å². The van der Waals surface area contributed by atoms with Gasteiger partial charge in [0.05, 0.1) is 18.8 Å². The van der Waals surface area contributed by atoms with Crippen LogP contribution in [0.1, 0.15) is 71.1 Å². The Morgan fingerprint density at radius 3 is 1.95 bits per heavy atom. The van der Waals surface area contributed by atoms with Crippen LogP contribution < -0.4 is 5.73 Å². The van der Waals surface area contributed by atoms with E-state index in [1.807, 2.05) is 6.08 Å². The van der Waals surface area contributed by atoms with Gasteiger partial charge in [0.15, 0.2) is 0 Å². The molecular formula is C18H35NO2. The van der Waals surface area contributed by atoms with Crippen molar-refractivity contribution in [3.63, 3.8) is 0 Å². The van der Waals surface area contributed by atoms with Crippen molar-refractivity contribution >= 4 is 0 Å². The van der Waals surface area contributed by atoms with Gasteiger partial charge in [-0.05, 0) is 38.5 Å². The fourth-order valence-electron chi connectivity index (χ4n) is 2.11. The lowest BCUT2D eigenvalue weighted by atomic mass is 10.1. The van der Waals surface area contributed by atoms with Gasteiger partial charge in [0.1, 0.15) is 0 Å². The van der Waals surface area contributed by atoms with Gasteiger partial charge in [-0.3, -0.25) is 0 Å². The van der Waals surface area contributed by atoms with Crippen LogP contribution >= 0.6 is 0 Å². The summed E-state index contributed by atoms with van der Waals surface area (Å²) in [7, 11) is 0. The SMILES string of the molecule is CCCCCCC/C=C/CCCC/C=C/C(O)C(N)CO. The predicted molar refractivity (Wildman–Crippen MR) is 91.2 cm³/mol. The van der Waals surface area contributed by atoms with Crippen LogP contribution in [0.15, 0.2) is 24.3 Å². The van der Waals surface area contributed by atoms with Gasteiger partial charge in [-0.2, -0.15) is 0 Å². The molecule has 0 aromatic carbocycles. The van der Waals surface area contributed by atoms with E-state index in [9.17, 15) is 5.11 Å².